The molecule has 3 nitrogen and oxygen atoms in total. The summed E-state index contributed by atoms with van der Waals surface area (Å²) in [5, 5.41) is 13.2. The number of aryl methyl sites for hydroxylation is 2. The van der Waals surface area contributed by atoms with Gasteiger partial charge in [0.15, 0.2) is 0 Å². The van der Waals surface area contributed by atoms with Gasteiger partial charge in [-0.15, -0.1) is 23.1 Å². The summed E-state index contributed by atoms with van der Waals surface area (Å²) in [5.41, 5.74) is 3.06. The first-order valence-corrected chi connectivity index (χ1v) is 10.0. The molecule has 1 aliphatic rings. The number of nitrogens with one attached hydrogen (secondary N) is 1. The second-order valence-electron chi connectivity index (χ2n) is 6.03. The third kappa shape index (κ3) is 4.00. The van der Waals surface area contributed by atoms with E-state index in [0.717, 1.165) is 29.2 Å². The molecule has 0 radical (unpaired) electrons. The molecule has 0 bridgehead atoms. The van der Waals surface area contributed by atoms with Gasteiger partial charge in [-0.25, -0.2) is 0 Å². The Labute approximate surface area is 151 Å². The fraction of sp³-hybridized carbons (Fsp3) is 0.368. The second kappa shape index (κ2) is 7.87. The molecule has 1 aromatic heterocycles. The Morgan fingerprint density at radius 2 is 2.00 bits per heavy atom. The van der Waals surface area contributed by atoms with E-state index in [0.29, 0.717) is 11.3 Å². The molecule has 1 N–H and O–H groups in total. The Morgan fingerprint density at radius 1 is 1.25 bits per heavy atom. The Bertz CT molecular complexity index is 772. The van der Waals surface area contributed by atoms with E-state index in [4.69, 9.17) is 0 Å². The average molecular weight is 357 g/mol. The van der Waals surface area contributed by atoms with Crippen LogP contribution in [-0.4, -0.2) is 11.7 Å². The van der Waals surface area contributed by atoms with Crippen molar-refractivity contribution < 1.29 is 4.79 Å². The van der Waals surface area contributed by atoms with Crippen LogP contribution in [0.25, 0.3) is 0 Å². The van der Waals surface area contributed by atoms with Crippen LogP contribution in [0.1, 0.15) is 40.8 Å². The van der Waals surface area contributed by atoms with Crippen molar-refractivity contribution in [3.63, 3.8) is 0 Å². The molecule has 0 saturated carbocycles. The summed E-state index contributed by atoms with van der Waals surface area (Å²) in [5.74, 6) is 0.310. The molecule has 0 saturated heterocycles. The topological polar surface area (TPSA) is 52.9 Å². The summed E-state index contributed by atoms with van der Waals surface area (Å²) < 4.78 is 0. The van der Waals surface area contributed by atoms with Crippen molar-refractivity contribution in [2.75, 3.05) is 11.1 Å². The Kier molecular flexibility index (Phi) is 5.60. The molecular weight excluding hydrogens is 336 g/mol. The molecule has 24 heavy (non-hydrogen) atoms. The van der Waals surface area contributed by atoms with E-state index in [9.17, 15) is 10.1 Å². The number of thiophene rings is 1. The fourth-order valence-corrected chi connectivity index (χ4v) is 4.85. The Balaban J connectivity index is 1.66. The maximum Gasteiger partial charge on any atom is 0.235 e. The van der Waals surface area contributed by atoms with Gasteiger partial charge in [-0.3, -0.25) is 4.79 Å². The van der Waals surface area contributed by atoms with Crippen LogP contribution in [0, 0.1) is 18.3 Å². The maximum absolute atomic E-state index is 12.3. The molecule has 1 heterocycles. The lowest BCUT2D eigenvalue weighted by Crippen LogP contribution is -2.13. The average Bonchev–Trinajstić information content (AvgIpc) is 2.74. The number of rotatable bonds is 4. The molecule has 3 rings (SSSR count). The van der Waals surface area contributed by atoms with Crippen LogP contribution in [0.5, 0.6) is 0 Å². The second-order valence-corrected chi connectivity index (χ2v) is 8.18. The number of thioether (sulfide) groups is 1. The monoisotopic (exact) mass is 356 g/mol. The summed E-state index contributed by atoms with van der Waals surface area (Å²) in [6.07, 6.45) is 5.52. The smallest absolute Gasteiger partial charge is 0.235 e. The van der Waals surface area contributed by atoms with Gasteiger partial charge in [0.2, 0.25) is 5.91 Å². The number of nitrogens with zero attached hydrogens (tertiary/aromatic N) is 1. The van der Waals surface area contributed by atoms with Crippen molar-refractivity contribution in [3.8, 4) is 6.07 Å². The van der Waals surface area contributed by atoms with Gasteiger partial charge in [-0.1, -0.05) is 24.1 Å². The third-order valence-corrected chi connectivity index (χ3v) is 6.40. The van der Waals surface area contributed by atoms with Crippen LogP contribution in [0.4, 0.5) is 5.00 Å². The highest BCUT2D eigenvalue weighted by molar-refractivity contribution is 8.00. The lowest BCUT2D eigenvalue weighted by molar-refractivity contribution is -0.113. The number of nitriles is 1. The molecule has 1 amide bonds. The first kappa shape index (κ1) is 17.1. The van der Waals surface area contributed by atoms with Crippen molar-refractivity contribution in [3.05, 3.63) is 45.8 Å². The zero-order valence-electron chi connectivity index (χ0n) is 13.7. The van der Waals surface area contributed by atoms with Crippen LogP contribution < -0.4 is 5.32 Å². The molecule has 0 fully saturated rings. The van der Waals surface area contributed by atoms with Gasteiger partial charge in [-0.2, -0.15) is 5.26 Å². The summed E-state index contributed by atoms with van der Waals surface area (Å²) in [4.78, 5) is 14.6. The van der Waals surface area contributed by atoms with Gasteiger partial charge in [0.25, 0.3) is 0 Å². The lowest BCUT2D eigenvalue weighted by Gasteiger charge is -2.04. The quantitative estimate of drug-likeness (QED) is 0.624. The van der Waals surface area contributed by atoms with Gasteiger partial charge in [0.1, 0.15) is 11.1 Å². The number of hydrogen-bond donors (Lipinski definition) is 1. The van der Waals surface area contributed by atoms with Crippen LogP contribution >= 0.6 is 23.1 Å². The van der Waals surface area contributed by atoms with Crippen molar-refractivity contribution in [1.29, 1.82) is 5.26 Å². The van der Waals surface area contributed by atoms with E-state index in [1.165, 1.54) is 40.6 Å². The van der Waals surface area contributed by atoms with E-state index in [-0.39, 0.29) is 5.91 Å². The molecule has 0 unspecified atom stereocenters. The van der Waals surface area contributed by atoms with Crippen LogP contribution in [0.15, 0.2) is 29.2 Å². The number of carbonyl (C=O) groups excluding carboxylic acids is 1. The zero-order valence-corrected chi connectivity index (χ0v) is 15.4. The van der Waals surface area contributed by atoms with Gasteiger partial charge in [-0.05, 0) is 50.3 Å². The van der Waals surface area contributed by atoms with Crippen molar-refractivity contribution >= 4 is 34.0 Å². The zero-order chi connectivity index (χ0) is 16.9. The number of fused-ring (bicyclic) bond motifs is 1. The Hall–Kier alpha value is -1.77. The van der Waals surface area contributed by atoms with Crippen LogP contribution in [0.2, 0.25) is 0 Å². The molecule has 0 spiro atoms. The molecule has 5 heteroatoms. The number of benzene rings is 1. The standard InChI is InChI=1S/C19H20N2OS2/c1-13-7-9-14(10-8-13)23-12-18(22)21-19-16(11-20)15-5-3-2-4-6-17(15)24-19/h7-10H,2-6,12H2,1H3,(H,21,22). The van der Waals surface area contributed by atoms with Crippen molar-refractivity contribution in [2.24, 2.45) is 0 Å². The predicted molar refractivity (Wildman–Crippen MR) is 101 cm³/mol. The highest BCUT2D eigenvalue weighted by Gasteiger charge is 2.20. The summed E-state index contributed by atoms with van der Waals surface area (Å²) >= 11 is 3.11. The lowest BCUT2D eigenvalue weighted by atomic mass is 10.1. The van der Waals surface area contributed by atoms with E-state index in [1.54, 1.807) is 11.3 Å². The highest BCUT2D eigenvalue weighted by Crippen LogP contribution is 2.37. The minimum atomic E-state index is -0.0477. The fourth-order valence-electron chi connectivity index (χ4n) is 2.90. The van der Waals surface area contributed by atoms with Crippen LogP contribution in [-0.2, 0) is 17.6 Å². The van der Waals surface area contributed by atoms with Crippen LogP contribution in [0.3, 0.4) is 0 Å². The normalized spacial score (nSPS) is 13.7. The number of carbonyl (C=O) groups is 1. The molecule has 0 aliphatic heterocycles. The Morgan fingerprint density at radius 3 is 2.75 bits per heavy atom. The van der Waals surface area contributed by atoms with Gasteiger partial charge < -0.3 is 5.32 Å². The first-order chi connectivity index (χ1) is 11.7. The summed E-state index contributed by atoms with van der Waals surface area (Å²) in [6, 6.07) is 10.5. The van der Waals surface area contributed by atoms with E-state index >= 15 is 0 Å². The highest BCUT2D eigenvalue weighted by atomic mass is 32.2. The molecule has 124 valence electrons. The van der Waals surface area contributed by atoms with E-state index in [2.05, 4.69) is 11.4 Å². The molecule has 0 atom stereocenters. The molecule has 2 aromatic rings. The van der Waals surface area contributed by atoms with Crippen molar-refractivity contribution in [2.45, 2.75) is 43.9 Å². The molecular formula is C19H20N2OS2. The molecule has 1 aromatic carbocycles. The maximum atomic E-state index is 12.3. The third-order valence-electron chi connectivity index (χ3n) is 4.18. The molecule has 1 aliphatic carbocycles. The van der Waals surface area contributed by atoms with E-state index in [1.807, 2.05) is 31.2 Å². The number of amides is 1. The summed E-state index contributed by atoms with van der Waals surface area (Å²) in [6.45, 7) is 2.05. The van der Waals surface area contributed by atoms with E-state index < -0.39 is 0 Å². The van der Waals surface area contributed by atoms with Gasteiger partial charge in [0.05, 0.1) is 11.3 Å². The number of hydrogen-bond acceptors (Lipinski definition) is 4. The number of anilines is 1. The first-order valence-electron chi connectivity index (χ1n) is 8.21. The van der Waals surface area contributed by atoms with Crippen molar-refractivity contribution in [1.82, 2.24) is 0 Å². The summed E-state index contributed by atoms with van der Waals surface area (Å²) in [7, 11) is 0. The minimum Gasteiger partial charge on any atom is -0.316 e. The predicted octanol–water partition coefficient (Wildman–Crippen LogP) is 4.93. The SMILES string of the molecule is Cc1ccc(SCC(=O)Nc2sc3c(c2C#N)CCCCC3)cc1. The largest absolute Gasteiger partial charge is 0.316 e. The van der Waals surface area contributed by atoms with Gasteiger partial charge in [0, 0.05) is 9.77 Å². The minimum absolute atomic E-state index is 0.0477. The van der Waals surface area contributed by atoms with Gasteiger partial charge >= 0.3 is 0 Å².